The summed E-state index contributed by atoms with van der Waals surface area (Å²) in [6.45, 7) is 1.01. The predicted molar refractivity (Wildman–Crippen MR) is 68.0 cm³/mol. The van der Waals surface area contributed by atoms with Crippen LogP contribution in [0.15, 0.2) is 12.1 Å². The van der Waals surface area contributed by atoms with Gasteiger partial charge in [0.25, 0.3) is 0 Å². The van der Waals surface area contributed by atoms with Crippen molar-refractivity contribution in [3.8, 4) is 23.3 Å². The standard InChI is InChI=1S/C13H18N2O3/c1-15(6-5-14)9-10-7-11(16-2)13(18-4)12(8-10)17-3/h7-8H,6,9H2,1-4H3. The largest absolute Gasteiger partial charge is 0.493 e. The summed E-state index contributed by atoms with van der Waals surface area (Å²) in [4.78, 5) is 1.90. The highest BCUT2D eigenvalue weighted by molar-refractivity contribution is 5.53. The summed E-state index contributed by atoms with van der Waals surface area (Å²) < 4.78 is 15.8. The number of ether oxygens (including phenoxy) is 3. The van der Waals surface area contributed by atoms with E-state index in [1.165, 1.54) is 0 Å². The minimum Gasteiger partial charge on any atom is -0.493 e. The van der Waals surface area contributed by atoms with E-state index < -0.39 is 0 Å². The van der Waals surface area contributed by atoms with Gasteiger partial charge >= 0.3 is 0 Å². The Morgan fingerprint density at radius 2 is 1.67 bits per heavy atom. The predicted octanol–water partition coefficient (Wildman–Crippen LogP) is 1.67. The molecule has 0 aliphatic rings. The van der Waals surface area contributed by atoms with Crippen molar-refractivity contribution in [1.29, 1.82) is 5.26 Å². The molecule has 1 aromatic carbocycles. The molecule has 1 rings (SSSR count). The average Bonchev–Trinajstić information content (AvgIpc) is 2.37. The van der Waals surface area contributed by atoms with Crippen LogP contribution in [0.1, 0.15) is 5.56 Å². The van der Waals surface area contributed by atoms with Crippen LogP contribution < -0.4 is 14.2 Å². The highest BCUT2D eigenvalue weighted by atomic mass is 16.5. The molecule has 0 unspecified atom stereocenters. The van der Waals surface area contributed by atoms with E-state index in [4.69, 9.17) is 19.5 Å². The first-order chi connectivity index (χ1) is 8.65. The molecule has 5 nitrogen and oxygen atoms in total. The molecule has 0 heterocycles. The molecular formula is C13H18N2O3. The van der Waals surface area contributed by atoms with Crippen molar-refractivity contribution >= 4 is 0 Å². The van der Waals surface area contributed by atoms with Crippen molar-refractivity contribution in [1.82, 2.24) is 4.90 Å². The molecule has 0 aliphatic carbocycles. The zero-order chi connectivity index (χ0) is 13.5. The number of nitriles is 1. The van der Waals surface area contributed by atoms with E-state index in [0.717, 1.165) is 5.56 Å². The Bertz CT molecular complexity index is 415. The molecule has 0 atom stereocenters. The molecule has 5 heteroatoms. The van der Waals surface area contributed by atoms with Gasteiger partial charge in [0.05, 0.1) is 33.9 Å². The molecule has 0 amide bonds. The van der Waals surface area contributed by atoms with Gasteiger partial charge in [-0.1, -0.05) is 0 Å². The van der Waals surface area contributed by atoms with Crippen LogP contribution in [-0.4, -0.2) is 39.8 Å². The number of benzene rings is 1. The van der Waals surface area contributed by atoms with Crippen molar-refractivity contribution < 1.29 is 14.2 Å². The molecule has 1 aromatic rings. The summed E-state index contributed by atoms with van der Waals surface area (Å²) >= 11 is 0. The molecule has 18 heavy (non-hydrogen) atoms. The Morgan fingerprint density at radius 1 is 1.11 bits per heavy atom. The lowest BCUT2D eigenvalue weighted by Gasteiger charge is -2.17. The minimum absolute atomic E-state index is 0.372. The van der Waals surface area contributed by atoms with Crippen LogP contribution >= 0.6 is 0 Å². The molecule has 0 saturated carbocycles. The molecule has 98 valence electrons. The van der Waals surface area contributed by atoms with E-state index in [1.54, 1.807) is 21.3 Å². The monoisotopic (exact) mass is 250 g/mol. The average molecular weight is 250 g/mol. The number of nitrogens with zero attached hydrogens (tertiary/aromatic N) is 2. The van der Waals surface area contributed by atoms with Gasteiger partial charge in [0.2, 0.25) is 5.75 Å². The second-order valence-corrected chi connectivity index (χ2v) is 3.86. The van der Waals surface area contributed by atoms with E-state index in [2.05, 4.69) is 6.07 Å². The van der Waals surface area contributed by atoms with Gasteiger partial charge in [-0.2, -0.15) is 5.26 Å². The third kappa shape index (κ3) is 3.28. The van der Waals surface area contributed by atoms with Gasteiger partial charge in [-0.15, -0.1) is 0 Å². The normalized spacial score (nSPS) is 10.0. The molecule has 0 aromatic heterocycles. The maximum absolute atomic E-state index is 8.64. The fraction of sp³-hybridized carbons (Fsp3) is 0.462. The molecule has 0 spiro atoms. The Kier molecular flexibility index (Phi) is 5.28. The van der Waals surface area contributed by atoms with Gasteiger partial charge in [-0.3, -0.25) is 4.90 Å². The van der Waals surface area contributed by atoms with Gasteiger partial charge < -0.3 is 14.2 Å². The molecule has 0 aliphatic heterocycles. The minimum atomic E-state index is 0.372. The summed E-state index contributed by atoms with van der Waals surface area (Å²) in [5.41, 5.74) is 1.00. The van der Waals surface area contributed by atoms with Crippen LogP contribution in [0.25, 0.3) is 0 Å². The molecule has 0 fully saturated rings. The van der Waals surface area contributed by atoms with Crippen molar-refractivity contribution in [2.45, 2.75) is 6.54 Å². The van der Waals surface area contributed by atoms with E-state index in [-0.39, 0.29) is 0 Å². The van der Waals surface area contributed by atoms with Crippen LogP contribution in [0.2, 0.25) is 0 Å². The molecule has 0 bridgehead atoms. The zero-order valence-corrected chi connectivity index (χ0v) is 11.2. The summed E-state index contributed by atoms with van der Waals surface area (Å²) in [5, 5.41) is 8.64. The van der Waals surface area contributed by atoms with Crippen LogP contribution in [0.3, 0.4) is 0 Å². The van der Waals surface area contributed by atoms with Crippen LogP contribution in [0, 0.1) is 11.3 Å². The Hall–Kier alpha value is -1.93. The summed E-state index contributed by atoms with van der Waals surface area (Å²) in [6, 6.07) is 5.87. The first-order valence-corrected chi connectivity index (χ1v) is 5.50. The van der Waals surface area contributed by atoms with E-state index in [0.29, 0.717) is 30.3 Å². The number of methoxy groups -OCH3 is 3. The molecule has 0 N–H and O–H groups in total. The summed E-state index contributed by atoms with van der Waals surface area (Å²) in [7, 11) is 6.62. The molecule has 0 saturated heterocycles. The zero-order valence-electron chi connectivity index (χ0n) is 11.2. The Balaban J connectivity index is 3.04. The van der Waals surface area contributed by atoms with Crippen molar-refractivity contribution in [3.63, 3.8) is 0 Å². The lowest BCUT2D eigenvalue weighted by molar-refractivity contribution is 0.320. The smallest absolute Gasteiger partial charge is 0.203 e. The second kappa shape index (κ2) is 6.72. The van der Waals surface area contributed by atoms with Crippen LogP contribution in [-0.2, 0) is 6.54 Å². The van der Waals surface area contributed by atoms with Crippen molar-refractivity contribution in [2.75, 3.05) is 34.9 Å². The first-order valence-electron chi connectivity index (χ1n) is 5.50. The Morgan fingerprint density at radius 3 is 2.06 bits per heavy atom. The summed E-state index contributed by atoms with van der Waals surface area (Å²) in [5.74, 6) is 1.82. The quantitative estimate of drug-likeness (QED) is 0.719. The lowest BCUT2D eigenvalue weighted by atomic mass is 10.1. The number of hydrogen-bond acceptors (Lipinski definition) is 5. The topological polar surface area (TPSA) is 54.7 Å². The van der Waals surface area contributed by atoms with E-state index in [1.807, 2.05) is 24.1 Å². The highest BCUT2D eigenvalue weighted by Crippen LogP contribution is 2.38. The fourth-order valence-electron chi connectivity index (χ4n) is 1.71. The van der Waals surface area contributed by atoms with Gasteiger partial charge in [-0.05, 0) is 24.7 Å². The lowest BCUT2D eigenvalue weighted by Crippen LogP contribution is -2.17. The SMILES string of the molecule is COc1cc(CN(C)CC#N)cc(OC)c1OC. The number of rotatable bonds is 6. The Labute approximate surface area is 107 Å². The maximum atomic E-state index is 8.64. The van der Waals surface area contributed by atoms with E-state index >= 15 is 0 Å². The van der Waals surface area contributed by atoms with Crippen molar-refractivity contribution in [3.05, 3.63) is 17.7 Å². The van der Waals surface area contributed by atoms with Gasteiger partial charge in [-0.25, -0.2) is 0 Å². The number of hydrogen-bond donors (Lipinski definition) is 0. The van der Waals surface area contributed by atoms with Gasteiger partial charge in [0.1, 0.15) is 0 Å². The molecule has 0 radical (unpaired) electrons. The molecular weight excluding hydrogens is 232 g/mol. The van der Waals surface area contributed by atoms with Crippen LogP contribution in [0.5, 0.6) is 17.2 Å². The summed E-state index contributed by atoms with van der Waals surface area (Å²) in [6.07, 6.45) is 0. The van der Waals surface area contributed by atoms with Gasteiger partial charge in [0.15, 0.2) is 11.5 Å². The van der Waals surface area contributed by atoms with Gasteiger partial charge in [0, 0.05) is 6.54 Å². The van der Waals surface area contributed by atoms with Crippen molar-refractivity contribution in [2.24, 2.45) is 0 Å². The fourth-order valence-corrected chi connectivity index (χ4v) is 1.71. The maximum Gasteiger partial charge on any atom is 0.203 e. The third-order valence-corrected chi connectivity index (χ3v) is 2.52. The first kappa shape index (κ1) is 14.1. The van der Waals surface area contributed by atoms with Crippen LogP contribution in [0.4, 0.5) is 0 Å². The highest BCUT2D eigenvalue weighted by Gasteiger charge is 2.13. The van der Waals surface area contributed by atoms with E-state index in [9.17, 15) is 0 Å². The second-order valence-electron chi connectivity index (χ2n) is 3.86. The third-order valence-electron chi connectivity index (χ3n) is 2.52.